The van der Waals surface area contributed by atoms with Crippen molar-refractivity contribution in [2.45, 2.75) is 47.7 Å². The molecule has 0 aromatic carbocycles. The maximum atomic E-state index is 11.1. The fraction of sp³-hybridized carbons (Fsp3) is 0.917. The van der Waals surface area contributed by atoms with Crippen LogP contribution >= 0.6 is 31.9 Å². The Morgan fingerprint density at radius 2 is 1.81 bits per heavy atom. The molecule has 0 heterocycles. The summed E-state index contributed by atoms with van der Waals surface area (Å²) in [4.78, 5) is 10.7. The van der Waals surface area contributed by atoms with E-state index in [-0.39, 0.29) is 9.74 Å². The van der Waals surface area contributed by atoms with Gasteiger partial charge in [-0.25, -0.2) is 0 Å². The molecule has 4 aliphatic carbocycles. The van der Waals surface area contributed by atoms with Crippen LogP contribution in [0.5, 0.6) is 0 Å². The number of rotatable bonds is 2. The molecule has 4 saturated carbocycles. The summed E-state index contributed by atoms with van der Waals surface area (Å²) in [6.07, 6.45) is 6.91. The highest BCUT2D eigenvalue weighted by Gasteiger charge is 2.59. The van der Waals surface area contributed by atoms with Crippen molar-refractivity contribution >= 4 is 37.8 Å². The Bertz CT molecular complexity index is 328. The lowest BCUT2D eigenvalue weighted by molar-refractivity contribution is -0.308. The van der Waals surface area contributed by atoms with E-state index < -0.39 is 10.8 Å². The molecule has 2 nitrogen and oxygen atoms in total. The van der Waals surface area contributed by atoms with Crippen molar-refractivity contribution in [1.82, 2.24) is 0 Å². The summed E-state index contributed by atoms with van der Waals surface area (Å²) in [5, 5.41) is 11.1. The largest absolute Gasteiger partial charge is 0.549 e. The molecule has 4 heteroatoms. The van der Waals surface area contributed by atoms with Crippen LogP contribution in [0.4, 0.5) is 0 Å². The van der Waals surface area contributed by atoms with E-state index in [0.717, 1.165) is 31.1 Å². The van der Waals surface area contributed by atoms with Crippen LogP contribution in [0.15, 0.2) is 0 Å². The first-order valence-corrected chi connectivity index (χ1v) is 7.67. The van der Waals surface area contributed by atoms with Gasteiger partial charge in [-0.05, 0) is 55.8 Å². The second-order valence-corrected chi connectivity index (χ2v) is 8.75. The molecule has 0 radical (unpaired) electrons. The average molecular weight is 351 g/mol. The first kappa shape index (κ1) is 11.5. The molecule has 90 valence electrons. The molecular weight excluding hydrogens is 336 g/mol. The number of alkyl halides is 2. The van der Waals surface area contributed by atoms with Crippen LogP contribution in [0.1, 0.15) is 38.5 Å². The lowest BCUT2D eigenvalue weighted by Crippen LogP contribution is -2.58. The zero-order chi connectivity index (χ0) is 11.6. The van der Waals surface area contributed by atoms with Crippen molar-refractivity contribution in [3.8, 4) is 0 Å². The van der Waals surface area contributed by atoms with Gasteiger partial charge in [0.15, 0.2) is 0 Å². The molecule has 4 fully saturated rings. The van der Waals surface area contributed by atoms with Gasteiger partial charge in [-0.3, -0.25) is 0 Å². The lowest BCUT2D eigenvalue weighted by Gasteiger charge is -2.62. The predicted octanol–water partition coefficient (Wildman–Crippen LogP) is 2.23. The standard InChI is InChI=1S/C12H16Br2O2/c13-9(10(15)16)11-2-7-1-8(3-11)5-12(14,4-7)6-11/h7-9H,1-6H2,(H,15,16)/p-1/t7-,8-,9-,11?,12?/m1/s1. The van der Waals surface area contributed by atoms with Crippen molar-refractivity contribution in [2.75, 3.05) is 0 Å². The van der Waals surface area contributed by atoms with E-state index in [1.54, 1.807) is 0 Å². The minimum absolute atomic E-state index is 0.0492. The van der Waals surface area contributed by atoms with Crippen LogP contribution in [-0.4, -0.2) is 15.1 Å². The fourth-order valence-electron chi connectivity index (χ4n) is 4.77. The first-order valence-electron chi connectivity index (χ1n) is 5.96. The SMILES string of the molecule is O=C([O-])[C@@H](Br)C12C[C@H]3C[C@@H](CC(Br)(C3)C1)C2. The van der Waals surface area contributed by atoms with E-state index in [1.165, 1.54) is 19.3 Å². The molecule has 0 amide bonds. The van der Waals surface area contributed by atoms with Crippen LogP contribution in [-0.2, 0) is 4.79 Å². The van der Waals surface area contributed by atoms with E-state index in [4.69, 9.17) is 0 Å². The molecule has 0 N–H and O–H groups in total. The van der Waals surface area contributed by atoms with E-state index in [9.17, 15) is 9.90 Å². The molecule has 16 heavy (non-hydrogen) atoms. The van der Waals surface area contributed by atoms with Crippen LogP contribution in [0.2, 0.25) is 0 Å². The highest BCUT2D eigenvalue weighted by molar-refractivity contribution is 9.10. The average Bonchev–Trinajstić information content (AvgIpc) is 2.12. The van der Waals surface area contributed by atoms with Gasteiger partial charge in [0.1, 0.15) is 0 Å². The van der Waals surface area contributed by atoms with Crippen molar-refractivity contribution in [3.63, 3.8) is 0 Å². The van der Waals surface area contributed by atoms with Gasteiger partial charge >= 0.3 is 0 Å². The van der Waals surface area contributed by atoms with Gasteiger partial charge in [0.2, 0.25) is 0 Å². The lowest BCUT2D eigenvalue weighted by atomic mass is 9.48. The van der Waals surface area contributed by atoms with Gasteiger partial charge in [0.25, 0.3) is 0 Å². The molecule has 4 aliphatic rings. The van der Waals surface area contributed by atoms with Crippen molar-refractivity contribution in [1.29, 1.82) is 0 Å². The number of aliphatic carboxylic acids is 1. The minimum Gasteiger partial charge on any atom is -0.549 e. The van der Waals surface area contributed by atoms with Crippen molar-refractivity contribution in [2.24, 2.45) is 17.3 Å². The van der Waals surface area contributed by atoms with Gasteiger partial charge in [0.05, 0.1) is 10.8 Å². The summed E-state index contributed by atoms with van der Waals surface area (Å²) in [6, 6.07) is 0. The van der Waals surface area contributed by atoms with E-state index in [1.807, 2.05) is 0 Å². The minimum atomic E-state index is -0.932. The monoisotopic (exact) mass is 349 g/mol. The molecule has 0 aromatic heterocycles. The Morgan fingerprint density at radius 1 is 1.25 bits per heavy atom. The Morgan fingerprint density at radius 3 is 2.25 bits per heavy atom. The third-order valence-corrected chi connectivity index (χ3v) is 7.05. The molecule has 0 aliphatic heterocycles. The van der Waals surface area contributed by atoms with E-state index in [0.29, 0.717) is 0 Å². The summed E-state index contributed by atoms with van der Waals surface area (Å²) in [5.74, 6) is 0.512. The Balaban J connectivity index is 1.94. The zero-order valence-electron chi connectivity index (χ0n) is 9.05. The number of halogens is 2. The van der Waals surface area contributed by atoms with Gasteiger partial charge in [-0.1, -0.05) is 31.9 Å². The van der Waals surface area contributed by atoms with E-state index >= 15 is 0 Å². The molecule has 4 bridgehead atoms. The number of hydrogen-bond acceptors (Lipinski definition) is 2. The summed E-state index contributed by atoms with van der Waals surface area (Å²) >= 11 is 7.25. The van der Waals surface area contributed by atoms with Crippen LogP contribution in [0.25, 0.3) is 0 Å². The van der Waals surface area contributed by atoms with E-state index in [2.05, 4.69) is 31.9 Å². The highest BCUT2D eigenvalue weighted by Crippen LogP contribution is 2.66. The third-order valence-electron chi connectivity index (χ3n) is 4.78. The summed E-state index contributed by atoms with van der Waals surface area (Å²) in [5.41, 5.74) is -0.0492. The molecule has 3 atom stereocenters. The first-order chi connectivity index (χ1) is 7.42. The molecule has 0 aromatic rings. The summed E-state index contributed by atoms with van der Waals surface area (Å²) < 4.78 is 0.221. The number of hydrogen-bond donors (Lipinski definition) is 0. The highest BCUT2D eigenvalue weighted by atomic mass is 79.9. The molecule has 0 saturated heterocycles. The molecule has 0 unspecified atom stereocenters. The Hall–Kier alpha value is 0.430. The van der Waals surface area contributed by atoms with Gasteiger partial charge in [-0.2, -0.15) is 0 Å². The third kappa shape index (κ3) is 1.59. The number of carbonyl (C=O) groups excluding carboxylic acids is 1. The number of carboxylic acids is 1. The molecule has 0 spiro atoms. The van der Waals surface area contributed by atoms with Crippen LogP contribution in [0, 0.1) is 17.3 Å². The maximum Gasteiger partial charge on any atom is 0.0598 e. The van der Waals surface area contributed by atoms with Gasteiger partial charge in [0, 0.05) is 4.32 Å². The normalized spacial score (nSPS) is 51.6. The van der Waals surface area contributed by atoms with Crippen LogP contribution in [0.3, 0.4) is 0 Å². The topological polar surface area (TPSA) is 40.1 Å². The predicted molar refractivity (Wildman–Crippen MR) is 66.5 cm³/mol. The van der Waals surface area contributed by atoms with Crippen molar-refractivity contribution in [3.05, 3.63) is 0 Å². The fourth-order valence-corrected chi connectivity index (χ4v) is 6.78. The summed E-state index contributed by atoms with van der Waals surface area (Å²) in [6.45, 7) is 0. The van der Waals surface area contributed by atoms with Crippen LogP contribution < -0.4 is 5.11 Å². The second kappa shape index (κ2) is 3.47. The maximum absolute atomic E-state index is 11.1. The summed E-state index contributed by atoms with van der Waals surface area (Å²) in [7, 11) is 0. The number of carbonyl (C=O) groups is 1. The van der Waals surface area contributed by atoms with Gasteiger partial charge in [-0.15, -0.1) is 0 Å². The quantitative estimate of drug-likeness (QED) is 0.716. The Kier molecular flexibility index (Phi) is 2.50. The second-order valence-electron chi connectivity index (χ2n) is 6.16. The Labute approximate surface area is 112 Å². The smallest absolute Gasteiger partial charge is 0.0598 e. The number of carboxylic acid groups (broad SMARTS) is 1. The van der Waals surface area contributed by atoms with Gasteiger partial charge < -0.3 is 9.90 Å². The zero-order valence-corrected chi connectivity index (χ0v) is 12.2. The molecular formula is C12H15Br2O2-. The van der Waals surface area contributed by atoms with Crippen molar-refractivity contribution < 1.29 is 9.90 Å². The molecule has 4 rings (SSSR count).